The summed E-state index contributed by atoms with van der Waals surface area (Å²) in [5.41, 5.74) is 0.803. The van der Waals surface area contributed by atoms with Gasteiger partial charge >= 0.3 is 0 Å². The van der Waals surface area contributed by atoms with Crippen LogP contribution in [0.1, 0.15) is 32.5 Å². The lowest BCUT2D eigenvalue weighted by Crippen LogP contribution is -2.39. The molecule has 20 heavy (non-hydrogen) atoms. The number of fused-ring (bicyclic) bond motifs is 1. The van der Waals surface area contributed by atoms with Gasteiger partial charge in [0.25, 0.3) is 0 Å². The van der Waals surface area contributed by atoms with E-state index in [1.807, 2.05) is 10.6 Å². The van der Waals surface area contributed by atoms with E-state index in [1.54, 1.807) is 12.1 Å². The lowest BCUT2D eigenvalue weighted by molar-refractivity contribution is 0.148. The number of nitrogens with one attached hydrogen (secondary N) is 1. The minimum absolute atomic E-state index is 0.0189. The van der Waals surface area contributed by atoms with Gasteiger partial charge in [-0.1, -0.05) is 0 Å². The zero-order valence-corrected chi connectivity index (χ0v) is 12.2. The maximum Gasteiger partial charge on any atom is 0.183 e. The first kappa shape index (κ1) is 13.4. The van der Waals surface area contributed by atoms with Crippen LogP contribution in [0.4, 0.5) is 0 Å². The molecule has 5 nitrogen and oxygen atoms in total. The molecule has 0 atom stereocenters. The van der Waals surface area contributed by atoms with Crippen LogP contribution in [-0.2, 0) is 6.42 Å². The first-order valence-corrected chi connectivity index (χ1v) is 7.43. The van der Waals surface area contributed by atoms with Crippen molar-refractivity contribution >= 4 is 5.65 Å². The largest absolute Gasteiger partial charge is 0.301 e. The monoisotopic (exact) mass is 274 g/mol. The van der Waals surface area contributed by atoms with Gasteiger partial charge < -0.3 is 4.90 Å². The Morgan fingerprint density at radius 2 is 2.15 bits per heavy atom. The lowest BCUT2D eigenvalue weighted by atomic mass is 9.92. The molecule has 0 spiro atoms. The Kier molecular flexibility index (Phi) is 3.61. The van der Waals surface area contributed by atoms with Crippen LogP contribution in [0.15, 0.2) is 23.1 Å². The standard InChI is InChI=1S/C15H22N4O/c1-11(2)18-6-3-12(4-7-18)9-14-16-17-15-10-13(20)5-8-19(14)15/h5,8,10-12,17H,3-4,6-7,9H2,1-2H3. The highest BCUT2D eigenvalue weighted by Crippen LogP contribution is 2.22. The predicted molar refractivity (Wildman–Crippen MR) is 78.9 cm³/mol. The van der Waals surface area contributed by atoms with Gasteiger partial charge in [-0.3, -0.25) is 14.3 Å². The maximum atomic E-state index is 11.3. The quantitative estimate of drug-likeness (QED) is 0.926. The maximum absolute atomic E-state index is 11.3. The molecule has 1 aliphatic heterocycles. The van der Waals surface area contributed by atoms with Crippen LogP contribution in [0.2, 0.25) is 0 Å². The molecule has 1 N–H and O–H groups in total. The molecule has 0 amide bonds. The van der Waals surface area contributed by atoms with E-state index in [2.05, 4.69) is 28.9 Å². The number of aromatic nitrogens is 3. The minimum atomic E-state index is 0.0189. The number of likely N-dealkylation sites (tertiary alicyclic amines) is 1. The third-order valence-electron chi connectivity index (χ3n) is 4.35. The number of rotatable bonds is 3. The highest BCUT2D eigenvalue weighted by Gasteiger charge is 2.22. The number of piperidine rings is 1. The fraction of sp³-hybridized carbons (Fsp3) is 0.600. The smallest absolute Gasteiger partial charge is 0.183 e. The third-order valence-corrected chi connectivity index (χ3v) is 4.35. The Bertz CT molecular complexity index is 635. The summed E-state index contributed by atoms with van der Waals surface area (Å²) >= 11 is 0. The molecule has 0 radical (unpaired) electrons. The molecule has 1 fully saturated rings. The van der Waals surface area contributed by atoms with Crippen molar-refractivity contribution in [2.24, 2.45) is 5.92 Å². The van der Waals surface area contributed by atoms with E-state index < -0.39 is 0 Å². The Morgan fingerprint density at radius 3 is 2.85 bits per heavy atom. The van der Waals surface area contributed by atoms with Crippen LogP contribution in [0.3, 0.4) is 0 Å². The van der Waals surface area contributed by atoms with Gasteiger partial charge in [0.05, 0.1) is 0 Å². The van der Waals surface area contributed by atoms with Crippen LogP contribution in [0.5, 0.6) is 0 Å². The van der Waals surface area contributed by atoms with Crippen molar-refractivity contribution in [2.45, 2.75) is 39.2 Å². The van der Waals surface area contributed by atoms with Crippen molar-refractivity contribution in [3.63, 3.8) is 0 Å². The highest BCUT2D eigenvalue weighted by atomic mass is 16.1. The van der Waals surface area contributed by atoms with Gasteiger partial charge in [0.2, 0.25) is 0 Å². The fourth-order valence-corrected chi connectivity index (χ4v) is 3.04. The van der Waals surface area contributed by atoms with E-state index in [0.29, 0.717) is 12.0 Å². The van der Waals surface area contributed by atoms with Gasteiger partial charge in [-0.05, 0) is 45.7 Å². The molecule has 2 aromatic heterocycles. The summed E-state index contributed by atoms with van der Waals surface area (Å²) in [4.78, 5) is 13.9. The molecule has 0 saturated carbocycles. The Morgan fingerprint density at radius 1 is 1.40 bits per heavy atom. The lowest BCUT2D eigenvalue weighted by Gasteiger charge is -2.34. The summed E-state index contributed by atoms with van der Waals surface area (Å²) in [6, 6.07) is 3.83. The van der Waals surface area contributed by atoms with Crippen molar-refractivity contribution in [3.8, 4) is 0 Å². The van der Waals surface area contributed by atoms with Crippen LogP contribution in [0, 0.1) is 5.92 Å². The number of pyridine rings is 1. The van der Waals surface area contributed by atoms with E-state index >= 15 is 0 Å². The van der Waals surface area contributed by atoms with Gasteiger partial charge in [-0.25, -0.2) is 0 Å². The number of H-pyrrole nitrogens is 1. The SMILES string of the molecule is CC(C)N1CCC(Cc2n[nH]c3cc(=O)ccn23)CC1. The molecule has 3 heterocycles. The minimum Gasteiger partial charge on any atom is -0.301 e. The van der Waals surface area contributed by atoms with E-state index in [0.717, 1.165) is 17.9 Å². The van der Waals surface area contributed by atoms with Gasteiger partial charge in [0.15, 0.2) is 5.43 Å². The normalized spacial score (nSPS) is 18.1. The molecule has 1 aliphatic rings. The van der Waals surface area contributed by atoms with Gasteiger partial charge in [0.1, 0.15) is 11.5 Å². The van der Waals surface area contributed by atoms with Crippen molar-refractivity contribution in [1.82, 2.24) is 19.5 Å². The topological polar surface area (TPSA) is 53.4 Å². The average molecular weight is 274 g/mol. The Labute approximate surface area is 118 Å². The van der Waals surface area contributed by atoms with Gasteiger partial charge in [-0.15, -0.1) is 0 Å². The van der Waals surface area contributed by atoms with E-state index in [-0.39, 0.29) is 5.43 Å². The van der Waals surface area contributed by atoms with Crippen molar-refractivity contribution in [2.75, 3.05) is 13.1 Å². The van der Waals surface area contributed by atoms with E-state index in [4.69, 9.17) is 0 Å². The summed E-state index contributed by atoms with van der Waals surface area (Å²) in [5, 5.41) is 7.32. The second-order valence-electron chi connectivity index (χ2n) is 6.03. The summed E-state index contributed by atoms with van der Waals surface area (Å²) < 4.78 is 2.00. The summed E-state index contributed by atoms with van der Waals surface area (Å²) in [6.07, 6.45) is 5.26. The first-order valence-electron chi connectivity index (χ1n) is 7.43. The summed E-state index contributed by atoms with van der Waals surface area (Å²) in [7, 11) is 0. The number of nitrogens with zero attached hydrogens (tertiary/aromatic N) is 3. The van der Waals surface area contributed by atoms with Crippen LogP contribution >= 0.6 is 0 Å². The molecule has 3 rings (SSSR count). The second-order valence-corrected chi connectivity index (χ2v) is 6.03. The second kappa shape index (κ2) is 5.40. The predicted octanol–water partition coefficient (Wildman–Crippen LogP) is 1.69. The molecule has 0 aliphatic carbocycles. The van der Waals surface area contributed by atoms with Gasteiger partial charge in [0, 0.05) is 30.8 Å². The molecule has 1 saturated heterocycles. The highest BCUT2D eigenvalue weighted by molar-refractivity contribution is 5.37. The average Bonchev–Trinajstić information content (AvgIpc) is 2.81. The number of hydrogen-bond donors (Lipinski definition) is 1. The molecular weight excluding hydrogens is 252 g/mol. The molecule has 5 heteroatoms. The van der Waals surface area contributed by atoms with Crippen molar-refractivity contribution in [1.29, 1.82) is 0 Å². The molecule has 0 aromatic carbocycles. The van der Waals surface area contributed by atoms with Crippen molar-refractivity contribution in [3.05, 3.63) is 34.4 Å². The molecular formula is C15H22N4O. The summed E-state index contributed by atoms with van der Waals surface area (Å²) in [6.45, 7) is 6.88. The van der Waals surface area contributed by atoms with Crippen LogP contribution in [-0.4, -0.2) is 38.6 Å². The van der Waals surface area contributed by atoms with Crippen LogP contribution < -0.4 is 5.43 Å². The zero-order valence-electron chi connectivity index (χ0n) is 12.2. The first-order chi connectivity index (χ1) is 9.63. The molecule has 2 aromatic rings. The number of hydrogen-bond acceptors (Lipinski definition) is 3. The Balaban J connectivity index is 1.70. The van der Waals surface area contributed by atoms with Crippen LogP contribution in [0.25, 0.3) is 5.65 Å². The van der Waals surface area contributed by atoms with E-state index in [1.165, 1.54) is 25.9 Å². The number of aromatic amines is 1. The molecule has 0 unspecified atom stereocenters. The summed E-state index contributed by atoms with van der Waals surface area (Å²) in [5.74, 6) is 1.72. The molecule has 0 bridgehead atoms. The zero-order chi connectivity index (χ0) is 14.1. The Hall–Kier alpha value is -1.62. The fourth-order valence-electron chi connectivity index (χ4n) is 3.04. The van der Waals surface area contributed by atoms with Gasteiger partial charge in [-0.2, -0.15) is 5.10 Å². The third kappa shape index (κ3) is 2.63. The van der Waals surface area contributed by atoms with Crippen molar-refractivity contribution < 1.29 is 0 Å². The van der Waals surface area contributed by atoms with E-state index in [9.17, 15) is 4.79 Å². The molecule has 108 valence electrons.